The van der Waals surface area contributed by atoms with E-state index in [0.717, 1.165) is 15.6 Å². The lowest BCUT2D eigenvalue weighted by atomic mass is 9.96. The molecule has 0 saturated carbocycles. The van der Waals surface area contributed by atoms with Crippen LogP contribution in [0.15, 0.2) is 29.6 Å². The van der Waals surface area contributed by atoms with E-state index in [4.69, 9.17) is 10.2 Å². The normalized spacial score (nSPS) is 12.4. The van der Waals surface area contributed by atoms with Crippen molar-refractivity contribution in [2.24, 2.45) is 5.92 Å². The molecule has 4 nitrogen and oxygen atoms in total. The summed E-state index contributed by atoms with van der Waals surface area (Å²) in [7, 11) is 0. The molecule has 0 fully saturated rings. The standard InChI is InChI=1S/C13H12O4S/c14-12(15)6-8(13(16)17)5-9-7-18-11-4-2-1-3-10(9)11/h1-4,7-8H,5-6H2,(H,14,15)(H,16,17)/t8-/m0/s1. The molecule has 0 aliphatic rings. The minimum Gasteiger partial charge on any atom is -0.481 e. The Bertz CT molecular complexity index is 587. The zero-order valence-corrected chi connectivity index (χ0v) is 10.3. The minimum atomic E-state index is -1.08. The summed E-state index contributed by atoms with van der Waals surface area (Å²) in [5, 5.41) is 20.7. The van der Waals surface area contributed by atoms with Gasteiger partial charge in [0.05, 0.1) is 12.3 Å². The highest BCUT2D eigenvalue weighted by molar-refractivity contribution is 7.17. The van der Waals surface area contributed by atoms with Gasteiger partial charge >= 0.3 is 11.9 Å². The molecular weight excluding hydrogens is 252 g/mol. The second-order valence-electron chi connectivity index (χ2n) is 4.09. The summed E-state index contributed by atoms with van der Waals surface area (Å²) < 4.78 is 1.09. The molecule has 0 unspecified atom stereocenters. The van der Waals surface area contributed by atoms with Crippen LogP contribution in [0.2, 0.25) is 0 Å². The lowest BCUT2D eigenvalue weighted by molar-refractivity contribution is -0.148. The van der Waals surface area contributed by atoms with Crippen LogP contribution in [0.4, 0.5) is 0 Å². The molecule has 1 atom stereocenters. The average molecular weight is 264 g/mol. The molecule has 0 aliphatic heterocycles. The van der Waals surface area contributed by atoms with E-state index in [9.17, 15) is 9.59 Å². The molecule has 2 aromatic rings. The van der Waals surface area contributed by atoms with Gasteiger partial charge in [-0.05, 0) is 28.8 Å². The highest BCUT2D eigenvalue weighted by atomic mass is 32.1. The Morgan fingerprint density at radius 1 is 1.22 bits per heavy atom. The SMILES string of the molecule is O=C(O)C[C@H](Cc1csc2ccccc12)C(=O)O. The summed E-state index contributed by atoms with van der Waals surface area (Å²) >= 11 is 1.55. The van der Waals surface area contributed by atoms with Crippen LogP contribution in [0.1, 0.15) is 12.0 Å². The van der Waals surface area contributed by atoms with E-state index in [0.29, 0.717) is 0 Å². The summed E-state index contributed by atoms with van der Waals surface area (Å²) in [6.45, 7) is 0. The summed E-state index contributed by atoms with van der Waals surface area (Å²) in [6, 6.07) is 7.72. The first-order valence-corrected chi connectivity index (χ1v) is 6.35. The number of carboxylic acids is 2. The number of carboxylic acid groups (broad SMARTS) is 2. The summed E-state index contributed by atoms with van der Waals surface area (Å²) in [5.74, 6) is -3.02. The molecule has 1 heterocycles. The summed E-state index contributed by atoms with van der Waals surface area (Å²) in [4.78, 5) is 21.7. The van der Waals surface area contributed by atoms with Crippen LogP contribution >= 0.6 is 11.3 Å². The van der Waals surface area contributed by atoms with Gasteiger partial charge in [0.15, 0.2) is 0 Å². The Kier molecular flexibility index (Phi) is 3.62. The van der Waals surface area contributed by atoms with E-state index in [1.807, 2.05) is 29.6 Å². The molecule has 18 heavy (non-hydrogen) atoms. The van der Waals surface area contributed by atoms with Gasteiger partial charge < -0.3 is 10.2 Å². The first-order valence-electron chi connectivity index (χ1n) is 5.47. The quantitative estimate of drug-likeness (QED) is 0.870. The number of benzene rings is 1. The fourth-order valence-corrected chi connectivity index (χ4v) is 2.89. The molecule has 1 aromatic carbocycles. The lowest BCUT2D eigenvalue weighted by Crippen LogP contribution is -2.20. The van der Waals surface area contributed by atoms with E-state index in [1.165, 1.54) is 0 Å². The van der Waals surface area contributed by atoms with Crippen molar-refractivity contribution in [2.75, 3.05) is 0 Å². The molecule has 0 bridgehead atoms. The van der Waals surface area contributed by atoms with Gasteiger partial charge in [0.25, 0.3) is 0 Å². The Hall–Kier alpha value is -1.88. The van der Waals surface area contributed by atoms with Gasteiger partial charge in [0.2, 0.25) is 0 Å². The average Bonchev–Trinajstić information content (AvgIpc) is 2.71. The van der Waals surface area contributed by atoms with Crippen molar-refractivity contribution >= 4 is 33.4 Å². The molecule has 5 heteroatoms. The number of aliphatic carboxylic acids is 2. The number of hydrogen-bond acceptors (Lipinski definition) is 3. The second-order valence-corrected chi connectivity index (χ2v) is 5.01. The summed E-state index contributed by atoms with van der Waals surface area (Å²) in [5.41, 5.74) is 0.907. The highest BCUT2D eigenvalue weighted by Gasteiger charge is 2.22. The van der Waals surface area contributed by atoms with Crippen molar-refractivity contribution in [3.63, 3.8) is 0 Å². The number of fused-ring (bicyclic) bond motifs is 1. The van der Waals surface area contributed by atoms with Crippen molar-refractivity contribution < 1.29 is 19.8 Å². The van der Waals surface area contributed by atoms with E-state index in [1.54, 1.807) is 11.3 Å². The molecular formula is C13H12O4S. The van der Waals surface area contributed by atoms with Crippen LogP contribution in [0, 0.1) is 5.92 Å². The Balaban J connectivity index is 2.26. The van der Waals surface area contributed by atoms with Gasteiger partial charge in [-0.15, -0.1) is 11.3 Å². The maximum atomic E-state index is 11.0. The monoisotopic (exact) mass is 264 g/mol. The fourth-order valence-electron chi connectivity index (χ4n) is 1.91. The maximum Gasteiger partial charge on any atom is 0.307 e. The molecule has 0 spiro atoms. The van der Waals surface area contributed by atoms with Crippen LogP contribution in [0.25, 0.3) is 10.1 Å². The van der Waals surface area contributed by atoms with E-state index < -0.39 is 17.9 Å². The molecule has 0 aliphatic carbocycles. The third kappa shape index (κ3) is 2.68. The van der Waals surface area contributed by atoms with Crippen LogP contribution < -0.4 is 0 Å². The topological polar surface area (TPSA) is 74.6 Å². The van der Waals surface area contributed by atoms with Gasteiger partial charge in [-0.1, -0.05) is 18.2 Å². The number of hydrogen-bond donors (Lipinski definition) is 2. The molecule has 94 valence electrons. The predicted molar refractivity (Wildman–Crippen MR) is 68.9 cm³/mol. The summed E-state index contributed by atoms with van der Waals surface area (Å²) in [6.07, 6.45) is -0.0921. The van der Waals surface area contributed by atoms with Crippen LogP contribution in [0.3, 0.4) is 0 Å². The zero-order valence-electron chi connectivity index (χ0n) is 9.50. The van der Waals surface area contributed by atoms with Gasteiger partial charge in [0.1, 0.15) is 0 Å². The Morgan fingerprint density at radius 2 is 1.94 bits per heavy atom. The van der Waals surface area contributed by atoms with Gasteiger partial charge in [-0.3, -0.25) is 9.59 Å². The molecule has 2 N–H and O–H groups in total. The lowest BCUT2D eigenvalue weighted by Gasteiger charge is -2.08. The Labute approximate surface area is 107 Å². The van der Waals surface area contributed by atoms with Crippen molar-refractivity contribution in [1.82, 2.24) is 0 Å². The van der Waals surface area contributed by atoms with Gasteiger partial charge in [0, 0.05) is 4.70 Å². The van der Waals surface area contributed by atoms with Crippen LogP contribution in [0.5, 0.6) is 0 Å². The van der Waals surface area contributed by atoms with Gasteiger partial charge in [-0.2, -0.15) is 0 Å². The molecule has 0 amide bonds. The molecule has 1 aromatic heterocycles. The largest absolute Gasteiger partial charge is 0.481 e. The van der Waals surface area contributed by atoms with Crippen molar-refractivity contribution in [3.8, 4) is 0 Å². The first-order chi connectivity index (χ1) is 8.58. The zero-order chi connectivity index (χ0) is 13.1. The van der Waals surface area contributed by atoms with Crippen molar-refractivity contribution in [1.29, 1.82) is 0 Å². The van der Waals surface area contributed by atoms with E-state index in [-0.39, 0.29) is 12.8 Å². The van der Waals surface area contributed by atoms with Crippen LogP contribution in [-0.2, 0) is 16.0 Å². The van der Waals surface area contributed by atoms with Gasteiger partial charge in [-0.25, -0.2) is 0 Å². The number of carbonyl (C=O) groups is 2. The highest BCUT2D eigenvalue weighted by Crippen LogP contribution is 2.28. The number of rotatable bonds is 5. The maximum absolute atomic E-state index is 11.0. The predicted octanol–water partition coefficient (Wildman–Crippen LogP) is 2.62. The van der Waals surface area contributed by atoms with E-state index in [2.05, 4.69) is 0 Å². The van der Waals surface area contributed by atoms with E-state index >= 15 is 0 Å². The molecule has 0 radical (unpaired) electrons. The Morgan fingerprint density at radius 3 is 2.61 bits per heavy atom. The van der Waals surface area contributed by atoms with Crippen LogP contribution in [-0.4, -0.2) is 22.2 Å². The second kappa shape index (κ2) is 5.18. The third-order valence-electron chi connectivity index (χ3n) is 2.80. The number of thiophene rings is 1. The smallest absolute Gasteiger partial charge is 0.307 e. The molecule has 0 saturated heterocycles. The van der Waals surface area contributed by atoms with Crippen molar-refractivity contribution in [3.05, 3.63) is 35.2 Å². The fraction of sp³-hybridized carbons (Fsp3) is 0.231. The molecule has 2 rings (SSSR count). The van der Waals surface area contributed by atoms with Crippen molar-refractivity contribution in [2.45, 2.75) is 12.8 Å². The third-order valence-corrected chi connectivity index (χ3v) is 3.81. The minimum absolute atomic E-state index is 0.256. The first kappa shape index (κ1) is 12.6.